The number of nitrogens with zero attached hydrogens (tertiary/aromatic N) is 3. The second kappa shape index (κ2) is 12.6. The second-order valence-corrected chi connectivity index (χ2v) is 10.9. The Kier molecular flexibility index (Phi) is 8.88. The number of hydrogen-bond acceptors (Lipinski definition) is 7. The van der Waals surface area contributed by atoms with Crippen LogP contribution in [0, 0.1) is 0 Å². The monoisotopic (exact) mass is 616 g/mol. The van der Waals surface area contributed by atoms with Gasteiger partial charge in [0.2, 0.25) is 0 Å². The number of halogens is 2. The van der Waals surface area contributed by atoms with Crippen molar-refractivity contribution in [2.24, 2.45) is 10.7 Å². The molecule has 0 bridgehead atoms. The highest BCUT2D eigenvalue weighted by molar-refractivity contribution is 6.40. The van der Waals surface area contributed by atoms with Crippen LogP contribution in [0.1, 0.15) is 38.3 Å². The summed E-state index contributed by atoms with van der Waals surface area (Å²) in [4.78, 5) is 46.1. The predicted molar refractivity (Wildman–Crippen MR) is 157 cm³/mol. The van der Waals surface area contributed by atoms with Crippen LogP contribution in [-0.4, -0.2) is 88.7 Å². The smallest absolute Gasteiger partial charge is 0.328 e. The van der Waals surface area contributed by atoms with E-state index in [0.717, 1.165) is 5.39 Å². The number of carbonyl (C=O) groups excluding carboxylic acids is 2. The number of guanidine groups is 1. The highest BCUT2D eigenvalue weighted by Gasteiger charge is 2.30. The topological polar surface area (TPSA) is 174 Å². The number of furan rings is 1. The van der Waals surface area contributed by atoms with E-state index >= 15 is 0 Å². The Labute approximate surface area is 251 Å². The fourth-order valence-electron chi connectivity index (χ4n) is 5.22. The first-order chi connectivity index (χ1) is 20.2. The van der Waals surface area contributed by atoms with Crippen LogP contribution in [0.15, 0.2) is 46.0 Å². The number of nitrogens with two attached hydrogens (primary N) is 1. The van der Waals surface area contributed by atoms with Gasteiger partial charge in [0.25, 0.3) is 11.8 Å². The van der Waals surface area contributed by atoms with Gasteiger partial charge in [-0.3, -0.25) is 9.59 Å². The lowest BCUT2D eigenvalue weighted by atomic mass is 9.96. The van der Waals surface area contributed by atoms with Crippen LogP contribution in [0.25, 0.3) is 11.0 Å². The zero-order valence-corrected chi connectivity index (χ0v) is 24.0. The Bertz CT molecular complexity index is 1560. The molecule has 2 aliphatic heterocycles. The molecule has 6 N–H and O–H groups in total. The van der Waals surface area contributed by atoms with Gasteiger partial charge in [0.15, 0.2) is 5.96 Å². The number of rotatable bonds is 7. The first kappa shape index (κ1) is 29.6. The quantitative estimate of drug-likeness (QED) is 0.196. The average molecular weight is 617 g/mol. The lowest BCUT2D eigenvalue weighted by Gasteiger charge is -2.30. The molecule has 222 valence electrons. The molecule has 0 spiro atoms. The van der Waals surface area contributed by atoms with E-state index in [2.05, 4.69) is 15.6 Å². The Balaban J connectivity index is 1.28. The molecule has 0 radical (unpaired) electrons. The van der Waals surface area contributed by atoms with Gasteiger partial charge < -0.3 is 40.8 Å². The molecule has 1 fully saturated rings. The molecule has 2 amide bonds. The van der Waals surface area contributed by atoms with Crippen molar-refractivity contribution in [2.45, 2.75) is 31.5 Å². The van der Waals surface area contributed by atoms with Crippen molar-refractivity contribution >= 4 is 57.9 Å². The molecule has 42 heavy (non-hydrogen) atoms. The van der Waals surface area contributed by atoms with E-state index in [-0.39, 0.29) is 41.3 Å². The maximum Gasteiger partial charge on any atom is 0.328 e. The summed E-state index contributed by atoms with van der Waals surface area (Å²) in [6.07, 6.45) is 1.98. The molecule has 1 saturated heterocycles. The highest BCUT2D eigenvalue weighted by Crippen LogP contribution is 2.35. The van der Waals surface area contributed by atoms with Crippen molar-refractivity contribution in [3.63, 3.8) is 0 Å². The number of benzene rings is 2. The number of likely N-dealkylation sites (tertiary alicyclic amines) is 1. The maximum absolute atomic E-state index is 13.3. The van der Waals surface area contributed by atoms with Crippen LogP contribution in [0.5, 0.6) is 0 Å². The van der Waals surface area contributed by atoms with Gasteiger partial charge in [-0.2, -0.15) is 0 Å². The number of hydrogen-bond donors (Lipinski definition) is 5. The van der Waals surface area contributed by atoms with Gasteiger partial charge in [0.05, 0.1) is 34.6 Å². The van der Waals surface area contributed by atoms with Crippen molar-refractivity contribution in [1.82, 2.24) is 20.4 Å². The van der Waals surface area contributed by atoms with E-state index in [1.54, 1.807) is 34.3 Å². The third-order valence-electron chi connectivity index (χ3n) is 7.39. The second-order valence-electron chi connectivity index (χ2n) is 10.1. The van der Waals surface area contributed by atoms with Crippen molar-refractivity contribution in [1.29, 1.82) is 0 Å². The first-order valence-electron chi connectivity index (χ1n) is 13.4. The molecule has 0 aliphatic carbocycles. The summed E-state index contributed by atoms with van der Waals surface area (Å²) in [6.45, 7) is 1.22. The van der Waals surface area contributed by atoms with Crippen LogP contribution in [0.4, 0.5) is 0 Å². The summed E-state index contributed by atoms with van der Waals surface area (Å²) in [5, 5.41) is 26.1. The normalized spacial score (nSPS) is 17.7. The first-order valence-corrected chi connectivity index (χ1v) is 14.1. The van der Waals surface area contributed by atoms with Crippen molar-refractivity contribution in [2.75, 3.05) is 32.8 Å². The van der Waals surface area contributed by atoms with Gasteiger partial charge in [0.1, 0.15) is 11.6 Å². The summed E-state index contributed by atoms with van der Waals surface area (Å²) in [7, 11) is 0. The van der Waals surface area contributed by atoms with E-state index in [1.165, 1.54) is 0 Å². The number of nitrogens with one attached hydrogen (secondary N) is 2. The fourth-order valence-corrected chi connectivity index (χ4v) is 5.98. The summed E-state index contributed by atoms with van der Waals surface area (Å²) in [6, 6.07) is 7.33. The molecule has 3 aromatic rings. The van der Waals surface area contributed by atoms with Gasteiger partial charge >= 0.3 is 5.97 Å². The van der Waals surface area contributed by atoms with Crippen molar-refractivity contribution in [3.8, 4) is 0 Å². The van der Waals surface area contributed by atoms with Gasteiger partial charge in [-0.15, -0.1) is 0 Å². The molecule has 14 heteroatoms. The minimum Gasteiger partial charge on any atom is -0.480 e. The lowest BCUT2D eigenvalue weighted by molar-refractivity contribution is -0.139. The molecule has 0 saturated carbocycles. The molecular formula is C28H30Cl2N6O6. The van der Waals surface area contributed by atoms with Crippen molar-refractivity contribution in [3.05, 3.63) is 68.9 Å². The maximum atomic E-state index is 13.3. The minimum atomic E-state index is -1.35. The number of aliphatic imine (C=N–C) groups is 1. The number of carbonyl (C=O) groups is 3. The van der Waals surface area contributed by atoms with Crippen LogP contribution >= 0.6 is 23.2 Å². The highest BCUT2D eigenvalue weighted by atomic mass is 35.5. The summed E-state index contributed by atoms with van der Waals surface area (Å²) in [5.41, 5.74) is 8.00. The third-order valence-corrected chi connectivity index (χ3v) is 8.11. The summed E-state index contributed by atoms with van der Waals surface area (Å²) >= 11 is 13.2. The van der Waals surface area contributed by atoms with Crippen LogP contribution in [-0.2, 0) is 17.8 Å². The molecule has 2 aromatic carbocycles. The van der Waals surface area contributed by atoms with Gasteiger partial charge in [-0.05, 0) is 48.2 Å². The third kappa shape index (κ3) is 6.16. The van der Waals surface area contributed by atoms with Crippen molar-refractivity contribution < 1.29 is 29.0 Å². The number of carboxylic acids is 1. The molecule has 2 aliphatic rings. The van der Waals surface area contributed by atoms with Gasteiger partial charge in [-0.1, -0.05) is 29.3 Å². The molecule has 2 atom stereocenters. The van der Waals surface area contributed by atoms with Crippen LogP contribution in [0.3, 0.4) is 0 Å². The number of amides is 2. The number of β-amino-alcohol motifs (C(OH)–C–C–N with tert-alkyl or cyclic N) is 1. The number of aliphatic hydroxyl groups excluding tert-OH is 1. The predicted octanol–water partition coefficient (Wildman–Crippen LogP) is 2.05. The Hall–Kier alpha value is -3.84. The van der Waals surface area contributed by atoms with E-state index in [1.807, 2.05) is 12.1 Å². The van der Waals surface area contributed by atoms with E-state index in [4.69, 9.17) is 33.4 Å². The molecule has 1 aromatic heterocycles. The molecule has 5 rings (SSSR count). The number of aliphatic hydroxyl groups is 1. The lowest BCUT2D eigenvalue weighted by Crippen LogP contribution is -2.51. The standard InChI is InChI=1S/C28H30Cl2N6O6/c29-20-9-17-12-35(26(39)16-2-1-15-5-8-42-22(15)10-16)7-4-19(17)24(30)23(20)25(38)34-21(27(40)41)11-32-28(33-14-31)36-6-3-18(37)13-36/h1-2,5,8-10,18,21,37H,3-4,6-7,11-14,31H2,(H,32,33)(H,34,38)(H,40,41)/t18-,21-/m0/s1. The average Bonchev–Trinajstić information content (AvgIpc) is 3.62. The summed E-state index contributed by atoms with van der Waals surface area (Å²) in [5.74, 6) is -1.87. The Morgan fingerprint density at radius 3 is 2.69 bits per heavy atom. The summed E-state index contributed by atoms with van der Waals surface area (Å²) < 4.78 is 5.42. The molecule has 3 heterocycles. The minimum absolute atomic E-state index is 0.0371. The van der Waals surface area contributed by atoms with Crippen LogP contribution < -0.4 is 16.4 Å². The zero-order chi connectivity index (χ0) is 30.0. The van der Waals surface area contributed by atoms with E-state index < -0.39 is 24.0 Å². The van der Waals surface area contributed by atoms with Gasteiger partial charge in [0, 0.05) is 43.7 Å². The van der Waals surface area contributed by atoms with Gasteiger partial charge in [-0.25, -0.2) is 9.79 Å². The number of fused-ring (bicyclic) bond motifs is 2. The SMILES string of the molecule is NC/N=C(/NC[C@H](NC(=O)c1c(Cl)cc2c(c1Cl)CCN(C(=O)c1ccc3ccoc3c1)C2)C(=O)O)N1CC[C@H](O)C1. The number of aliphatic carboxylic acids is 1. The molecule has 12 nitrogen and oxygen atoms in total. The van der Waals surface area contributed by atoms with E-state index in [9.17, 15) is 24.6 Å². The zero-order valence-electron chi connectivity index (χ0n) is 22.5. The van der Waals surface area contributed by atoms with Crippen LogP contribution in [0.2, 0.25) is 10.0 Å². The Morgan fingerprint density at radius 2 is 1.98 bits per heavy atom. The molecule has 0 unspecified atom stereocenters. The Morgan fingerprint density at radius 1 is 1.17 bits per heavy atom. The van der Waals surface area contributed by atoms with E-state index in [0.29, 0.717) is 60.7 Å². The number of carboxylic acid groups (broad SMARTS) is 1. The fraction of sp³-hybridized carbons (Fsp3) is 0.357. The molecular weight excluding hydrogens is 587 g/mol. The largest absolute Gasteiger partial charge is 0.480 e.